The lowest BCUT2D eigenvalue weighted by Crippen LogP contribution is -2.47. The molecule has 0 saturated carbocycles. The average molecular weight is 351 g/mol. The third-order valence-electron chi connectivity index (χ3n) is 5.25. The van der Waals surface area contributed by atoms with Crippen molar-refractivity contribution >= 4 is 16.9 Å². The predicted octanol–water partition coefficient (Wildman–Crippen LogP) is 3.59. The Morgan fingerprint density at radius 2 is 1.85 bits per heavy atom. The van der Waals surface area contributed by atoms with Crippen LogP contribution in [0.25, 0.3) is 11.0 Å². The minimum Gasteiger partial charge on any atom is -0.396 e. The van der Waals surface area contributed by atoms with Crippen LogP contribution in [0.15, 0.2) is 54.7 Å². The molecule has 2 aromatic carbocycles. The van der Waals surface area contributed by atoms with Gasteiger partial charge in [0.2, 0.25) is 0 Å². The fraction of sp³-hybridized carbons (Fsp3) is 0.333. The number of rotatable bonds is 4. The van der Waals surface area contributed by atoms with E-state index < -0.39 is 0 Å². The van der Waals surface area contributed by atoms with Crippen molar-refractivity contribution in [3.63, 3.8) is 0 Å². The molecule has 1 saturated heterocycles. The molecule has 1 unspecified atom stereocenters. The second kappa shape index (κ2) is 7.00. The Morgan fingerprint density at radius 1 is 1.08 bits per heavy atom. The normalized spacial score (nSPS) is 20.5. The lowest BCUT2D eigenvalue weighted by molar-refractivity contribution is 0.105. The van der Waals surface area contributed by atoms with Crippen molar-refractivity contribution in [2.24, 2.45) is 5.41 Å². The Hall–Kier alpha value is -2.53. The number of aliphatic hydroxyl groups excluding tert-OH is 1. The molecule has 3 aromatic rings. The number of halogens is 1. The van der Waals surface area contributed by atoms with Crippen LogP contribution in [0.4, 0.5) is 10.2 Å². The summed E-state index contributed by atoms with van der Waals surface area (Å²) in [4.78, 5) is 11.5. The van der Waals surface area contributed by atoms with Crippen LogP contribution >= 0.6 is 0 Å². The molecule has 4 rings (SSSR count). The second-order valence-corrected chi connectivity index (χ2v) is 7.20. The Labute approximate surface area is 152 Å². The molecule has 4 nitrogen and oxygen atoms in total. The maximum atomic E-state index is 13.2. The van der Waals surface area contributed by atoms with Crippen LogP contribution in [0, 0.1) is 11.2 Å². The maximum absolute atomic E-state index is 13.2. The highest BCUT2D eigenvalue weighted by Crippen LogP contribution is 2.35. The van der Waals surface area contributed by atoms with E-state index in [0.29, 0.717) is 6.54 Å². The minimum absolute atomic E-state index is 0.0991. The van der Waals surface area contributed by atoms with Crippen LogP contribution in [0.1, 0.15) is 18.4 Å². The zero-order valence-corrected chi connectivity index (χ0v) is 14.6. The Kier molecular flexibility index (Phi) is 4.55. The van der Waals surface area contributed by atoms with Crippen LogP contribution in [0.5, 0.6) is 0 Å². The largest absolute Gasteiger partial charge is 0.396 e. The van der Waals surface area contributed by atoms with Gasteiger partial charge in [-0.2, -0.15) is 0 Å². The van der Waals surface area contributed by atoms with E-state index in [9.17, 15) is 9.50 Å². The number of fused-ring (bicyclic) bond motifs is 1. The molecule has 1 atom stereocenters. The first kappa shape index (κ1) is 16.9. The van der Waals surface area contributed by atoms with E-state index in [1.807, 2.05) is 42.6 Å². The Morgan fingerprint density at radius 3 is 2.62 bits per heavy atom. The number of aliphatic hydroxyl groups is 1. The standard InChI is InChI=1S/C21H22FN3O/c22-17-8-6-16(7-9-17)12-21(15-26)10-3-11-25(14-21)20-13-23-18-4-1-2-5-19(18)24-20/h1-2,4-9,13,26H,3,10-12,14-15H2. The molecule has 1 N–H and O–H groups in total. The van der Waals surface area contributed by atoms with Crippen molar-refractivity contribution in [2.75, 3.05) is 24.6 Å². The number of hydrogen-bond donors (Lipinski definition) is 1. The molecule has 0 amide bonds. The van der Waals surface area contributed by atoms with E-state index in [1.54, 1.807) is 0 Å². The molecular formula is C21H22FN3O. The highest BCUT2D eigenvalue weighted by molar-refractivity contribution is 5.75. The molecule has 2 heterocycles. The van der Waals surface area contributed by atoms with Crippen molar-refractivity contribution in [3.8, 4) is 0 Å². The van der Waals surface area contributed by atoms with E-state index in [4.69, 9.17) is 4.98 Å². The van der Waals surface area contributed by atoms with Crippen LogP contribution in [0.3, 0.4) is 0 Å². The fourth-order valence-corrected chi connectivity index (χ4v) is 3.87. The molecule has 0 spiro atoms. The number of nitrogens with zero attached hydrogens (tertiary/aromatic N) is 3. The first-order valence-electron chi connectivity index (χ1n) is 9.00. The van der Waals surface area contributed by atoms with Crippen molar-refractivity contribution in [1.82, 2.24) is 9.97 Å². The van der Waals surface area contributed by atoms with Gasteiger partial charge in [-0.15, -0.1) is 0 Å². The van der Waals surface area contributed by atoms with Gasteiger partial charge in [-0.25, -0.2) is 9.37 Å². The smallest absolute Gasteiger partial charge is 0.147 e. The van der Waals surface area contributed by atoms with Crippen molar-refractivity contribution in [3.05, 3.63) is 66.1 Å². The molecule has 5 heteroatoms. The van der Waals surface area contributed by atoms with Crippen molar-refractivity contribution in [2.45, 2.75) is 19.3 Å². The summed E-state index contributed by atoms with van der Waals surface area (Å²) in [6.07, 6.45) is 4.46. The van der Waals surface area contributed by atoms with Crippen LogP contribution in [-0.2, 0) is 6.42 Å². The summed E-state index contributed by atoms with van der Waals surface area (Å²) < 4.78 is 13.2. The van der Waals surface area contributed by atoms with Gasteiger partial charge in [0.15, 0.2) is 0 Å². The van der Waals surface area contributed by atoms with Crippen LogP contribution in [-0.4, -0.2) is 34.8 Å². The van der Waals surface area contributed by atoms with E-state index in [1.165, 1.54) is 12.1 Å². The molecule has 1 aliphatic heterocycles. The molecule has 0 radical (unpaired) electrons. The first-order valence-corrected chi connectivity index (χ1v) is 9.00. The van der Waals surface area contributed by atoms with Gasteiger partial charge in [-0.3, -0.25) is 4.98 Å². The topological polar surface area (TPSA) is 49.2 Å². The molecular weight excluding hydrogens is 329 g/mol. The maximum Gasteiger partial charge on any atom is 0.147 e. The fourth-order valence-electron chi connectivity index (χ4n) is 3.87. The average Bonchev–Trinajstić information content (AvgIpc) is 2.69. The van der Waals surface area contributed by atoms with E-state index in [2.05, 4.69) is 9.88 Å². The molecule has 134 valence electrons. The van der Waals surface area contributed by atoms with Crippen LogP contribution in [0.2, 0.25) is 0 Å². The summed E-state index contributed by atoms with van der Waals surface area (Å²) in [7, 11) is 0. The predicted molar refractivity (Wildman–Crippen MR) is 101 cm³/mol. The third kappa shape index (κ3) is 3.40. The summed E-state index contributed by atoms with van der Waals surface area (Å²) in [5, 5.41) is 10.2. The first-order chi connectivity index (χ1) is 12.7. The van der Waals surface area contributed by atoms with Gasteiger partial charge < -0.3 is 10.0 Å². The summed E-state index contributed by atoms with van der Waals surface area (Å²) in [6, 6.07) is 14.4. The van der Waals surface area contributed by atoms with Gasteiger partial charge in [0.05, 0.1) is 23.8 Å². The summed E-state index contributed by atoms with van der Waals surface area (Å²) >= 11 is 0. The van der Waals surface area contributed by atoms with Gasteiger partial charge >= 0.3 is 0 Å². The SMILES string of the molecule is OCC1(Cc2ccc(F)cc2)CCCN(c2cnc3ccccc3n2)C1. The van der Waals surface area contributed by atoms with Crippen molar-refractivity contribution < 1.29 is 9.50 Å². The molecule has 0 bridgehead atoms. The number of para-hydroxylation sites is 2. The van der Waals surface area contributed by atoms with Gasteiger partial charge in [-0.1, -0.05) is 24.3 Å². The highest BCUT2D eigenvalue weighted by Gasteiger charge is 2.35. The van der Waals surface area contributed by atoms with Gasteiger partial charge in [0.1, 0.15) is 11.6 Å². The summed E-state index contributed by atoms with van der Waals surface area (Å²) in [5.74, 6) is 0.615. The molecule has 1 fully saturated rings. The Bertz CT molecular complexity index is 899. The van der Waals surface area contributed by atoms with Gasteiger partial charge in [0, 0.05) is 18.5 Å². The summed E-state index contributed by atoms with van der Waals surface area (Å²) in [5.41, 5.74) is 2.56. The summed E-state index contributed by atoms with van der Waals surface area (Å²) in [6.45, 7) is 1.72. The lowest BCUT2D eigenvalue weighted by Gasteiger charge is -2.42. The monoisotopic (exact) mass is 351 g/mol. The lowest BCUT2D eigenvalue weighted by atomic mass is 9.76. The van der Waals surface area contributed by atoms with Crippen molar-refractivity contribution in [1.29, 1.82) is 0 Å². The van der Waals surface area contributed by atoms with E-state index in [-0.39, 0.29) is 17.8 Å². The van der Waals surface area contributed by atoms with Crippen LogP contribution < -0.4 is 4.90 Å². The molecule has 1 aliphatic rings. The molecule has 0 aliphatic carbocycles. The van der Waals surface area contributed by atoms with E-state index in [0.717, 1.165) is 48.2 Å². The number of anilines is 1. The molecule has 26 heavy (non-hydrogen) atoms. The number of hydrogen-bond acceptors (Lipinski definition) is 4. The number of piperidine rings is 1. The van der Waals surface area contributed by atoms with E-state index >= 15 is 0 Å². The Balaban J connectivity index is 1.58. The second-order valence-electron chi connectivity index (χ2n) is 7.20. The number of aromatic nitrogens is 2. The third-order valence-corrected chi connectivity index (χ3v) is 5.25. The quantitative estimate of drug-likeness (QED) is 0.780. The number of benzene rings is 2. The highest BCUT2D eigenvalue weighted by atomic mass is 19.1. The molecule has 1 aromatic heterocycles. The minimum atomic E-state index is -0.247. The zero-order valence-electron chi connectivity index (χ0n) is 14.6. The van der Waals surface area contributed by atoms with Gasteiger partial charge in [0.25, 0.3) is 0 Å². The zero-order chi connectivity index (χ0) is 18.0. The van der Waals surface area contributed by atoms with Gasteiger partial charge in [-0.05, 0) is 49.1 Å².